The third-order valence-electron chi connectivity index (χ3n) is 5.29. The smallest absolute Gasteiger partial charge is 0.416 e. The predicted molar refractivity (Wildman–Crippen MR) is 131 cm³/mol. The van der Waals surface area contributed by atoms with E-state index in [0.29, 0.717) is 0 Å². The van der Waals surface area contributed by atoms with E-state index in [4.69, 9.17) is 25.8 Å². The fraction of sp³-hybridized carbons (Fsp3) is 0.360. The number of ether oxygens (including phenoxy) is 3. The molecule has 37 heavy (non-hydrogen) atoms. The summed E-state index contributed by atoms with van der Waals surface area (Å²) in [7, 11) is 0. The maximum atomic E-state index is 14.6. The minimum atomic E-state index is -0.964. The quantitative estimate of drug-likeness (QED) is 0.400. The number of hydrogen-bond acceptors (Lipinski definition) is 7. The molecule has 0 unspecified atom stereocenters. The van der Waals surface area contributed by atoms with Crippen molar-refractivity contribution >= 4 is 23.5 Å². The normalized spacial score (nSPS) is 14.3. The minimum absolute atomic E-state index is 0.103. The monoisotopic (exact) mass is 534 g/mol. The van der Waals surface area contributed by atoms with E-state index in [2.05, 4.69) is 9.97 Å². The second-order valence-electron chi connectivity index (χ2n) is 10.0. The molecule has 0 N–H and O–H groups in total. The van der Waals surface area contributed by atoms with Gasteiger partial charge in [-0.3, -0.25) is 9.47 Å². The van der Waals surface area contributed by atoms with Crippen LogP contribution >= 0.6 is 11.6 Å². The maximum Gasteiger partial charge on any atom is 0.416 e. The number of anilines is 1. The molecule has 12 heteroatoms. The van der Waals surface area contributed by atoms with Crippen LogP contribution in [0.25, 0.3) is 0 Å². The molecular weight excluding hydrogens is 510 g/mol. The first-order valence-corrected chi connectivity index (χ1v) is 11.7. The molecule has 1 amide bonds. The van der Waals surface area contributed by atoms with Gasteiger partial charge in [0.25, 0.3) is 0 Å². The summed E-state index contributed by atoms with van der Waals surface area (Å²) in [5.41, 5.74) is -2.02. The molecule has 1 aliphatic heterocycles. The van der Waals surface area contributed by atoms with Crippen LogP contribution in [0.3, 0.4) is 0 Å². The number of benzene rings is 1. The summed E-state index contributed by atoms with van der Waals surface area (Å²) in [6, 6.07) is 6.34. The SMILES string of the molecule is CC(C)(C)OC(=O)N1c2cc(OCc3cc(F)c(Oc4ccc(Cl)nc4)c(F)c3)nc(=O)n2CC1(C)C. The van der Waals surface area contributed by atoms with Crippen LogP contribution in [0.15, 0.2) is 41.3 Å². The highest BCUT2D eigenvalue weighted by molar-refractivity contribution is 6.29. The van der Waals surface area contributed by atoms with E-state index in [0.717, 1.165) is 12.1 Å². The summed E-state index contributed by atoms with van der Waals surface area (Å²) < 4.78 is 46.9. The van der Waals surface area contributed by atoms with Crippen LogP contribution in [-0.2, 0) is 17.9 Å². The number of amides is 1. The number of rotatable bonds is 5. The molecule has 0 radical (unpaired) electrons. The Morgan fingerprint density at radius 3 is 2.43 bits per heavy atom. The molecule has 0 saturated heterocycles. The van der Waals surface area contributed by atoms with E-state index in [1.807, 2.05) is 0 Å². The highest BCUT2D eigenvalue weighted by atomic mass is 35.5. The number of carbonyl (C=O) groups excluding carboxylic acids is 1. The van der Waals surface area contributed by atoms with Gasteiger partial charge < -0.3 is 14.2 Å². The Morgan fingerprint density at radius 2 is 1.84 bits per heavy atom. The predicted octanol–water partition coefficient (Wildman–Crippen LogP) is 5.47. The Morgan fingerprint density at radius 1 is 1.16 bits per heavy atom. The molecule has 1 aliphatic rings. The third kappa shape index (κ3) is 5.82. The van der Waals surface area contributed by atoms with Gasteiger partial charge in [-0.25, -0.2) is 23.4 Å². The lowest BCUT2D eigenvalue weighted by Gasteiger charge is -2.32. The second-order valence-corrected chi connectivity index (χ2v) is 10.4. The molecule has 0 atom stereocenters. The van der Waals surface area contributed by atoms with Crippen molar-refractivity contribution in [3.63, 3.8) is 0 Å². The van der Waals surface area contributed by atoms with Gasteiger partial charge in [-0.2, -0.15) is 4.98 Å². The van der Waals surface area contributed by atoms with E-state index in [-0.39, 0.29) is 41.3 Å². The third-order valence-corrected chi connectivity index (χ3v) is 5.51. The molecule has 3 aromatic rings. The molecular formula is C25H25ClF2N4O5. The van der Waals surface area contributed by atoms with Gasteiger partial charge in [-0.05, 0) is 64.4 Å². The van der Waals surface area contributed by atoms with E-state index < -0.39 is 40.3 Å². The summed E-state index contributed by atoms with van der Waals surface area (Å²) in [5, 5.41) is 0.207. The van der Waals surface area contributed by atoms with Crippen LogP contribution in [0.1, 0.15) is 40.2 Å². The molecule has 0 bridgehead atoms. The van der Waals surface area contributed by atoms with Gasteiger partial charge in [0.1, 0.15) is 28.9 Å². The van der Waals surface area contributed by atoms with E-state index in [9.17, 15) is 18.4 Å². The van der Waals surface area contributed by atoms with Crippen LogP contribution in [0.4, 0.5) is 19.4 Å². The Hall–Kier alpha value is -3.73. The van der Waals surface area contributed by atoms with Crippen LogP contribution in [-0.4, -0.2) is 31.8 Å². The van der Waals surface area contributed by atoms with Crippen molar-refractivity contribution in [1.82, 2.24) is 14.5 Å². The Bertz CT molecular complexity index is 1380. The van der Waals surface area contributed by atoms with Gasteiger partial charge in [0.15, 0.2) is 17.4 Å². The van der Waals surface area contributed by atoms with Crippen molar-refractivity contribution in [3.8, 4) is 17.4 Å². The van der Waals surface area contributed by atoms with Crippen molar-refractivity contribution in [2.45, 2.75) is 58.9 Å². The zero-order valence-electron chi connectivity index (χ0n) is 20.8. The average Bonchev–Trinajstić information content (AvgIpc) is 3.05. The maximum absolute atomic E-state index is 14.6. The largest absolute Gasteiger partial charge is 0.473 e. The first-order valence-electron chi connectivity index (χ1n) is 11.3. The van der Waals surface area contributed by atoms with Crippen molar-refractivity contribution in [3.05, 3.63) is 69.4 Å². The minimum Gasteiger partial charge on any atom is -0.473 e. The van der Waals surface area contributed by atoms with Crippen molar-refractivity contribution in [1.29, 1.82) is 0 Å². The standard InChI is InChI=1S/C25H25ClF2N4O5/c1-24(2,3)37-23(34)32-20-10-19(30-22(33)31(20)13-25(32,4)5)35-12-14-8-16(27)21(17(28)9-14)36-15-6-7-18(26)29-11-15/h6-11H,12-13H2,1-5H3. The highest BCUT2D eigenvalue weighted by Gasteiger charge is 2.43. The molecule has 0 spiro atoms. The summed E-state index contributed by atoms with van der Waals surface area (Å²) in [6.45, 7) is 8.70. The summed E-state index contributed by atoms with van der Waals surface area (Å²) in [6.07, 6.45) is 0.605. The lowest BCUT2D eigenvalue weighted by atomic mass is 10.1. The van der Waals surface area contributed by atoms with Crippen molar-refractivity contribution < 1.29 is 27.8 Å². The molecule has 196 valence electrons. The zero-order chi connectivity index (χ0) is 27.1. The zero-order valence-corrected chi connectivity index (χ0v) is 21.6. The van der Waals surface area contributed by atoms with Gasteiger partial charge in [-0.1, -0.05) is 11.6 Å². The van der Waals surface area contributed by atoms with E-state index in [1.54, 1.807) is 34.6 Å². The molecule has 2 aromatic heterocycles. The number of fused-ring (bicyclic) bond motifs is 1. The Balaban J connectivity index is 1.55. The molecule has 0 fully saturated rings. The van der Waals surface area contributed by atoms with Gasteiger partial charge in [-0.15, -0.1) is 0 Å². The average molecular weight is 535 g/mol. The topological polar surface area (TPSA) is 95.8 Å². The lowest BCUT2D eigenvalue weighted by molar-refractivity contribution is 0.0552. The van der Waals surface area contributed by atoms with Gasteiger partial charge in [0.2, 0.25) is 5.88 Å². The summed E-state index contributed by atoms with van der Waals surface area (Å²) >= 11 is 5.71. The van der Waals surface area contributed by atoms with Gasteiger partial charge in [0, 0.05) is 6.07 Å². The fourth-order valence-corrected chi connectivity index (χ4v) is 3.90. The summed E-state index contributed by atoms with van der Waals surface area (Å²) in [4.78, 5) is 34.7. The van der Waals surface area contributed by atoms with Crippen LogP contribution in [0.2, 0.25) is 5.15 Å². The number of aromatic nitrogens is 3. The first kappa shape index (κ1) is 26.3. The lowest BCUT2D eigenvalue weighted by Crippen LogP contribution is -2.47. The van der Waals surface area contributed by atoms with Crippen LogP contribution < -0.4 is 20.1 Å². The molecule has 0 saturated carbocycles. The Labute approximate surface area is 216 Å². The Kier molecular flexibility index (Phi) is 6.85. The van der Waals surface area contributed by atoms with Crippen LogP contribution in [0.5, 0.6) is 17.4 Å². The van der Waals surface area contributed by atoms with E-state index >= 15 is 0 Å². The van der Waals surface area contributed by atoms with Gasteiger partial charge in [0.05, 0.1) is 18.3 Å². The summed E-state index contributed by atoms with van der Waals surface area (Å²) in [5.74, 6) is -2.31. The highest BCUT2D eigenvalue weighted by Crippen LogP contribution is 2.35. The van der Waals surface area contributed by atoms with Crippen LogP contribution in [0, 0.1) is 11.6 Å². The van der Waals surface area contributed by atoms with Crippen molar-refractivity contribution in [2.75, 3.05) is 4.90 Å². The molecule has 4 rings (SSSR count). The second kappa shape index (κ2) is 9.62. The number of nitrogens with zero attached hydrogens (tertiary/aromatic N) is 4. The van der Waals surface area contributed by atoms with Crippen molar-refractivity contribution in [2.24, 2.45) is 0 Å². The molecule has 0 aliphatic carbocycles. The number of halogens is 3. The van der Waals surface area contributed by atoms with E-state index in [1.165, 1.54) is 33.9 Å². The molecule has 3 heterocycles. The molecule has 1 aromatic carbocycles. The number of carbonyl (C=O) groups is 1. The fourth-order valence-electron chi connectivity index (χ4n) is 3.79. The first-order chi connectivity index (χ1) is 17.2. The number of hydrogen-bond donors (Lipinski definition) is 0. The molecule has 9 nitrogen and oxygen atoms in total. The number of pyridine rings is 1. The van der Waals surface area contributed by atoms with Gasteiger partial charge >= 0.3 is 11.8 Å².